The van der Waals surface area contributed by atoms with Gasteiger partial charge in [0.25, 0.3) is 0 Å². The Balaban J connectivity index is 0.00000192. The summed E-state index contributed by atoms with van der Waals surface area (Å²) in [7, 11) is -4.20. The normalized spacial score (nSPS) is 13.0. The molecule has 0 spiro atoms. The molecule has 0 radical (unpaired) electrons. The van der Waals surface area contributed by atoms with Crippen molar-refractivity contribution in [3.05, 3.63) is 47.5 Å². The number of hydrogen-bond donors (Lipinski definition) is 0. The molecule has 0 saturated carbocycles. The molecule has 0 saturated heterocycles. The van der Waals surface area contributed by atoms with Crippen molar-refractivity contribution in [2.75, 3.05) is 17.2 Å². The van der Waals surface area contributed by atoms with Crippen LogP contribution in [-0.4, -0.2) is 25.3 Å². The minimum atomic E-state index is -4.20. The number of hydrogen-bond acceptors (Lipinski definition) is 5. The Hall–Kier alpha value is -0.210. The number of para-hydroxylation sites is 1. The summed E-state index contributed by atoms with van der Waals surface area (Å²) in [5.41, 5.74) is 1.95. The van der Waals surface area contributed by atoms with Gasteiger partial charge >= 0.3 is 29.6 Å². The molecule has 0 bridgehead atoms. The van der Waals surface area contributed by atoms with Crippen molar-refractivity contribution in [3.8, 4) is 0 Å². The number of nitrogens with zero attached hydrogens (tertiary/aromatic N) is 1. The number of halogens is 1. The summed E-state index contributed by atoms with van der Waals surface area (Å²) in [6, 6.07) is 13.6. The average molecular weight is 378 g/mol. The summed E-state index contributed by atoms with van der Waals surface area (Å²) in [5, 5.41) is 0.625. The van der Waals surface area contributed by atoms with Crippen molar-refractivity contribution in [2.45, 2.75) is 16.2 Å². The van der Waals surface area contributed by atoms with Crippen LogP contribution in [0.3, 0.4) is 0 Å². The molecule has 1 aliphatic heterocycles. The Labute approximate surface area is 167 Å². The first kappa shape index (κ1) is 19.1. The Kier molecular flexibility index (Phi) is 6.47. The molecule has 1 aliphatic rings. The van der Waals surface area contributed by atoms with E-state index in [1.807, 2.05) is 47.4 Å². The van der Waals surface area contributed by atoms with Crippen LogP contribution in [0.5, 0.6) is 0 Å². The van der Waals surface area contributed by atoms with Crippen molar-refractivity contribution in [2.24, 2.45) is 0 Å². The van der Waals surface area contributed by atoms with Gasteiger partial charge in [0.2, 0.25) is 0 Å². The minimum Gasteiger partial charge on any atom is -0.748 e. The Morgan fingerprint density at radius 1 is 1.09 bits per heavy atom. The molecular weight excluding hydrogens is 365 g/mol. The molecule has 0 aromatic heterocycles. The standard InChI is InChI=1S/C15H14ClNO3S2.Na/c16-11-6-7-15-13(10-11)17(8-3-9-22(18,19)20)12-4-1-2-5-14(12)21-15;/h1-2,4-7,10H,3,8-9H2,(H,18,19,20);/q;+1/p-1. The van der Waals surface area contributed by atoms with Gasteiger partial charge in [-0.1, -0.05) is 35.5 Å². The summed E-state index contributed by atoms with van der Waals surface area (Å²) in [5.74, 6) is -0.366. The van der Waals surface area contributed by atoms with Crippen LogP contribution < -0.4 is 34.5 Å². The van der Waals surface area contributed by atoms with Crippen molar-refractivity contribution in [1.29, 1.82) is 0 Å². The van der Waals surface area contributed by atoms with Gasteiger partial charge in [-0.25, -0.2) is 8.42 Å². The largest absolute Gasteiger partial charge is 1.00 e. The van der Waals surface area contributed by atoms with Crippen molar-refractivity contribution in [3.63, 3.8) is 0 Å². The third-order valence-corrected chi connectivity index (χ3v) is 5.52. The number of fused-ring (bicyclic) bond motifs is 2. The third-order valence-electron chi connectivity index (χ3n) is 3.36. The zero-order valence-corrected chi connectivity index (χ0v) is 16.9. The van der Waals surface area contributed by atoms with Crippen molar-refractivity contribution < 1.29 is 42.5 Å². The van der Waals surface area contributed by atoms with Crippen LogP contribution in [0, 0.1) is 0 Å². The molecule has 0 atom stereocenters. The van der Waals surface area contributed by atoms with Gasteiger partial charge in [-0.2, -0.15) is 0 Å². The fourth-order valence-electron chi connectivity index (χ4n) is 2.44. The van der Waals surface area contributed by atoms with Crippen LogP contribution in [0.1, 0.15) is 6.42 Å². The van der Waals surface area contributed by atoms with E-state index in [2.05, 4.69) is 0 Å². The smallest absolute Gasteiger partial charge is 0.748 e. The SMILES string of the molecule is O=S(=O)([O-])CCCN1c2ccccc2Sc2ccc(Cl)cc21.[Na+]. The number of benzene rings is 2. The molecule has 0 amide bonds. The second kappa shape index (κ2) is 7.78. The topological polar surface area (TPSA) is 60.4 Å². The summed E-state index contributed by atoms with van der Waals surface area (Å²) in [6.07, 6.45) is 0.275. The third kappa shape index (κ3) is 4.66. The summed E-state index contributed by atoms with van der Waals surface area (Å²) >= 11 is 7.75. The first-order chi connectivity index (χ1) is 10.4. The molecule has 2 aromatic rings. The molecule has 3 rings (SSSR count). The zero-order valence-electron chi connectivity index (χ0n) is 12.5. The minimum absolute atomic E-state index is 0. The van der Waals surface area contributed by atoms with Gasteiger partial charge in [0.05, 0.1) is 21.5 Å². The van der Waals surface area contributed by atoms with Crippen LogP contribution in [0.2, 0.25) is 5.02 Å². The van der Waals surface area contributed by atoms with Gasteiger partial charge in [-0.3, -0.25) is 0 Å². The van der Waals surface area contributed by atoms with Crippen LogP contribution >= 0.6 is 23.4 Å². The van der Waals surface area contributed by atoms with Crippen LogP contribution in [0.4, 0.5) is 11.4 Å². The fraction of sp³-hybridized carbons (Fsp3) is 0.200. The summed E-state index contributed by atoms with van der Waals surface area (Å²) in [4.78, 5) is 4.19. The number of anilines is 2. The Bertz CT molecular complexity index is 814. The molecule has 0 aliphatic carbocycles. The van der Waals surface area contributed by atoms with E-state index in [0.717, 1.165) is 21.2 Å². The molecule has 23 heavy (non-hydrogen) atoms. The van der Waals surface area contributed by atoms with Gasteiger partial charge in [0.15, 0.2) is 0 Å². The van der Waals surface area contributed by atoms with Crippen LogP contribution in [0.25, 0.3) is 0 Å². The molecule has 4 nitrogen and oxygen atoms in total. The van der Waals surface area contributed by atoms with E-state index in [0.29, 0.717) is 11.6 Å². The second-order valence-electron chi connectivity index (χ2n) is 4.95. The first-order valence-corrected chi connectivity index (χ1v) is 9.49. The molecule has 0 unspecified atom stereocenters. The predicted octanol–water partition coefficient (Wildman–Crippen LogP) is 0.882. The molecule has 116 valence electrons. The quantitative estimate of drug-likeness (QED) is 0.585. The van der Waals surface area contributed by atoms with Gasteiger partial charge < -0.3 is 9.45 Å². The maximum atomic E-state index is 10.8. The first-order valence-electron chi connectivity index (χ1n) is 6.71. The van der Waals surface area contributed by atoms with E-state index in [4.69, 9.17) is 11.6 Å². The van der Waals surface area contributed by atoms with Crippen LogP contribution in [-0.2, 0) is 10.1 Å². The molecule has 1 heterocycles. The van der Waals surface area contributed by atoms with Gasteiger partial charge in [0.1, 0.15) is 0 Å². The maximum absolute atomic E-state index is 10.8. The maximum Gasteiger partial charge on any atom is 1.00 e. The van der Waals surface area contributed by atoms with E-state index in [1.165, 1.54) is 0 Å². The summed E-state index contributed by atoms with van der Waals surface area (Å²) < 4.78 is 32.5. The molecule has 0 N–H and O–H groups in total. The van der Waals surface area contributed by atoms with Crippen molar-refractivity contribution in [1.82, 2.24) is 0 Å². The fourth-order valence-corrected chi connectivity index (χ4v) is 4.17. The van der Waals surface area contributed by atoms with E-state index in [1.54, 1.807) is 11.8 Å². The van der Waals surface area contributed by atoms with E-state index in [9.17, 15) is 13.0 Å². The van der Waals surface area contributed by atoms with E-state index in [-0.39, 0.29) is 41.7 Å². The van der Waals surface area contributed by atoms with Gasteiger partial charge in [0, 0.05) is 27.1 Å². The molecular formula is C15H13ClNNaO3S2. The van der Waals surface area contributed by atoms with Gasteiger partial charge in [-0.05, 0) is 36.8 Å². The second-order valence-corrected chi connectivity index (χ2v) is 7.99. The molecule has 0 fully saturated rings. The Morgan fingerprint density at radius 3 is 2.52 bits per heavy atom. The van der Waals surface area contributed by atoms with Crippen molar-refractivity contribution >= 4 is 44.9 Å². The van der Waals surface area contributed by atoms with Crippen LogP contribution in [0.15, 0.2) is 52.3 Å². The van der Waals surface area contributed by atoms with E-state index >= 15 is 0 Å². The summed E-state index contributed by atoms with van der Waals surface area (Å²) in [6.45, 7) is 0.451. The molecule has 8 heteroatoms. The molecule has 2 aromatic carbocycles. The number of rotatable bonds is 4. The average Bonchev–Trinajstić information content (AvgIpc) is 2.46. The van der Waals surface area contributed by atoms with Gasteiger partial charge in [-0.15, -0.1) is 0 Å². The predicted molar refractivity (Wildman–Crippen MR) is 88.2 cm³/mol. The monoisotopic (exact) mass is 377 g/mol. The van der Waals surface area contributed by atoms with E-state index < -0.39 is 10.1 Å². The zero-order chi connectivity index (χ0) is 15.7. The Morgan fingerprint density at radius 2 is 1.78 bits per heavy atom.